The molecule has 0 saturated carbocycles. The van der Waals surface area contributed by atoms with E-state index in [0.29, 0.717) is 6.42 Å². The Morgan fingerprint density at radius 2 is 1.70 bits per heavy atom. The number of benzene rings is 1. The molecule has 0 bridgehead atoms. The number of piperazine rings is 1. The van der Waals surface area contributed by atoms with Crippen LogP contribution in [0.2, 0.25) is 0 Å². The van der Waals surface area contributed by atoms with Gasteiger partial charge in [-0.25, -0.2) is 0 Å². The van der Waals surface area contributed by atoms with Gasteiger partial charge in [-0.2, -0.15) is 0 Å². The molecule has 1 aromatic carbocycles. The van der Waals surface area contributed by atoms with Crippen LogP contribution in [-0.2, 0) is 9.59 Å². The summed E-state index contributed by atoms with van der Waals surface area (Å²) in [5, 5.41) is 0. The summed E-state index contributed by atoms with van der Waals surface area (Å²) in [5.74, 6) is 0.203. The molecule has 0 N–H and O–H groups in total. The second kappa shape index (κ2) is 6.60. The molecule has 5 nitrogen and oxygen atoms in total. The van der Waals surface area contributed by atoms with E-state index in [1.807, 2.05) is 4.90 Å². The summed E-state index contributed by atoms with van der Waals surface area (Å²) >= 11 is 0. The summed E-state index contributed by atoms with van der Waals surface area (Å²) in [4.78, 5) is 30.0. The monoisotopic (exact) mass is 315 g/mol. The van der Waals surface area contributed by atoms with Crippen molar-refractivity contribution in [1.82, 2.24) is 9.80 Å². The van der Waals surface area contributed by atoms with Crippen LogP contribution in [0.1, 0.15) is 24.0 Å². The minimum atomic E-state index is 0.0846. The third-order valence-corrected chi connectivity index (χ3v) is 4.89. The second-order valence-corrected chi connectivity index (χ2v) is 6.53. The number of para-hydroxylation sites is 1. The van der Waals surface area contributed by atoms with Gasteiger partial charge in [0, 0.05) is 44.8 Å². The molecule has 5 heteroatoms. The number of nitrogens with zero attached hydrogens (tertiary/aromatic N) is 3. The van der Waals surface area contributed by atoms with E-state index in [0.717, 1.165) is 39.1 Å². The fourth-order valence-corrected chi connectivity index (χ4v) is 3.62. The maximum Gasteiger partial charge on any atom is 0.242 e. The topological polar surface area (TPSA) is 43.9 Å². The molecule has 23 heavy (non-hydrogen) atoms. The van der Waals surface area contributed by atoms with Crippen molar-refractivity contribution >= 4 is 17.5 Å². The van der Waals surface area contributed by atoms with Crippen molar-refractivity contribution in [2.24, 2.45) is 0 Å². The summed E-state index contributed by atoms with van der Waals surface area (Å²) in [6.07, 6.45) is 1.47. The predicted molar refractivity (Wildman–Crippen MR) is 90.5 cm³/mol. The highest BCUT2D eigenvalue weighted by molar-refractivity contribution is 5.86. The van der Waals surface area contributed by atoms with Crippen LogP contribution in [0.25, 0.3) is 0 Å². The Kier molecular flexibility index (Phi) is 4.55. The third kappa shape index (κ3) is 3.33. The van der Waals surface area contributed by atoms with Crippen LogP contribution in [0, 0.1) is 13.8 Å². The first kappa shape index (κ1) is 15.8. The van der Waals surface area contributed by atoms with Crippen LogP contribution >= 0.6 is 0 Å². The molecular weight excluding hydrogens is 290 g/mol. The summed E-state index contributed by atoms with van der Waals surface area (Å²) in [5.41, 5.74) is 3.87. The Morgan fingerprint density at radius 3 is 2.26 bits per heavy atom. The summed E-state index contributed by atoms with van der Waals surface area (Å²) < 4.78 is 0. The summed E-state index contributed by atoms with van der Waals surface area (Å²) in [6, 6.07) is 6.36. The summed E-state index contributed by atoms with van der Waals surface area (Å²) in [7, 11) is 0. The van der Waals surface area contributed by atoms with Crippen molar-refractivity contribution in [2.75, 3.05) is 44.2 Å². The Balaban J connectivity index is 1.58. The maximum atomic E-state index is 12.4. The normalized spacial score (nSPS) is 18.7. The first-order chi connectivity index (χ1) is 11.1. The zero-order valence-electron chi connectivity index (χ0n) is 14.0. The average Bonchev–Trinajstić information content (AvgIpc) is 2.93. The van der Waals surface area contributed by atoms with Crippen molar-refractivity contribution in [3.05, 3.63) is 29.3 Å². The first-order valence-corrected chi connectivity index (χ1v) is 8.43. The molecule has 2 aliphatic heterocycles. The number of amides is 2. The van der Waals surface area contributed by atoms with E-state index in [4.69, 9.17) is 0 Å². The van der Waals surface area contributed by atoms with E-state index in [1.54, 1.807) is 4.90 Å². The molecule has 0 aliphatic carbocycles. The quantitative estimate of drug-likeness (QED) is 0.850. The highest BCUT2D eigenvalue weighted by atomic mass is 16.2. The van der Waals surface area contributed by atoms with Gasteiger partial charge in [0.1, 0.15) is 0 Å². The number of carbonyl (C=O) groups is 2. The number of hydrogen-bond donors (Lipinski definition) is 0. The van der Waals surface area contributed by atoms with Crippen molar-refractivity contribution in [3.63, 3.8) is 0 Å². The lowest BCUT2D eigenvalue weighted by molar-refractivity contribution is -0.138. The van der Waals surface area contributed by atoms with E-state index in [-0.39, 0.29) is 18.4 Å². The van der Waals surface area contributed by atoms with E-state index < -0.39 is 0 Å². The molecule has 0 aromatic heterocycles. The lowest BCUT2D eigenvalue weighted by atomic mass is 10.1. The molecule has 1 aromatic rings. The number of anilines is 1. The fraction of sp³-hybridized carbons (Fsp3) is 0.556. The molecule has 3 rings (SSSR count). The van der Waals surface area contributed by atoms with Gasteiger partial charge in [-0.1, -0.05) is 18.2 Å². The molecule has 2 saturated heterocycles. The Bertz CT molecular complexity index is 586. The van der Waals surface area contributed by atoms with Crippen molar-refractivity contribution < 1.29 is 9.59 Å². The van der Waals surface area contributed by atoms with E-state index in [9.17, 15) is 9.59 Å². The summed E-state index contributed by atoms with van der Waals surface area (Å²) in [6.45, 7) is 8.42. The van der Waals surface area contributed by atoms with Gasteiger partial charge < -0.3 is 14.7 Å². The van der Waals surface area contributed by atoms with Crippen molar-refractivity contribution in [3.8, 4) is 0 Å². The van der Waals surface area contributed by atoms with Crippen LogP contribution in [0.15, 0.2) is 18.2 Å². The van der Waals surface area contributed by atoms with Crippen LogP contribution in [0.5, 0.6) is 0 Å². The van der Waals surface area contributed by atoms with Crippen molar-refractivity contribution in [2.45, 2.75) is 26.7 Å². The lowest BCUT2D eigenvalue weighted by Gasteiger charge is -2.38. The molecule has 2 fully saturated rings. The molecular formula is C18H25N3O2. The number of hydrogen-bond acceptors (Lipinski definition) is 3. The van der Waals surface area contributed by atoms with Gasteiger partial charge in [-0.05, 0) is 31.4 Å². The number of carbonyl (C=O) groups excluding carboxylic acids is 2. The fourth-order valence-electron chi connectivity index (χ4n) is 3.62. The Morgan fingerprint density at radius 1 is 1.04 bits per heavy atom. The highest BCUT2D eigenvalue weighted by Gasteiger charge is 2.27. The zero-order chi connectivity index (χ0) is 16.4. The second-order valence-electron chi connectivity index (χ2n) is 6.53. The molecule has 2 aliphatic rings. The molecule has 0 radical (unpaired) electrons. The SMILES string of the molecule is Cc1cccc(C)c1N1CCN(C(=O)CN2CCCC2=O)CC1. The van der Waals surface area contributed by atoms with Gasteiger partial charge in [0.05, 0.1) is 6.54 Å². The number of likely N-dealkylation sites (tertiary alicyclic amines) is 1. The number of rotatable bonds is 3. The van der Waals surface area contributed by atoms with Crippen LogP contribution in [0.4, 0.5) is 5.69 Å². The smallest absolute Gasteiger partial charge is 0.242 e. The lowest BCUT2D eigenvalue weighted by Crippen LogP contribution is -2.51. The predicted octanol–water partition coefficient (Wildman–Crippen LogP) is 1.57. The maximum absolute atomic E-state index is 12.4. The Labute approximate surface area is 137 Å². The third-order valence-electron chi connectivity index (χ3n) is 4.89. The van der Waals surface area contributed by atoms with Crippen LogP contribution in [-0.4, -0.2) is 60.9 Å². The van der Waals surface area contributed by atoms with Gasteiger partial charge in [-0.3, -0.25) is 9.59 Å². The molecule has 2 heterocycles. The van der Waals surface area contributed by atoms with Gasteiger partial charge in [0.25, 0.3) is 0 Å². The molecule has 0 spiro atoms. The molecule has 124 valence electrons. The van der Waals surface area contributed by atoms with Crippen LogP contribution in [0.3, 0.4) is 0 Å². The van der Waals surface area contributed by atoms with E-state index in [1.165, 1.54) is 16.8 Å². The van der Waals surface area contributed by atoms with Crippen molar-refractivity contribution in [1.29, 1.82) is 0 Å². The minimum absolute atomic E-state index is 0.0846. The largest absolute Gasteiger partial charge is 0.368 e. The molecule has 2 amide bonds. The average molecular weight is 315 g/mol. The van der Waals surface area contributed by atoms with Gasteiger partial charge in [0.15, 0.2) is 0 Å². The Hall–Kier alpha value is -2.04. The van der Waals surface area contributed by atoms with E-state index >= 15 is 0 Å². The molecule has 0 unspecified atom stereocenters. The van der Waals surface area contributed by atoms with Gasteiger partial charge >= 0.3 is 0 Å². The highest BCUT2D eigenvalue weighted by Crippen LogP contribution is 2.25. The van der Waals surface area contributed by atoms with Crippen LogP contribution < -0.4 is 4.90 Å². The zero-order valence-corrected chi connectivity index (χ0v) is 14.0. The molecule has 0 atom stereocenters. The van der Waals surface area contributed by atoms with Gasteiger partial charge in [-0.15, -0.1) is 0 Å². The number of aryl methyl sites for hydroxylation is 2. The first-order valence-electron chi connectivity index (χ1n) is 8.43. The standard InChI is InChI=1S/C18H25N3O2/c1-14-5-3-6-15(2)18(14)20-11-9-19(10-12-20)17(23)13-21-8-4-7-16(21)22/h3,5-6H,4,7-13H2,1-2H3. The minimum Gasteiger partial charge on any atom is -0.368 e. The van der Waals surface area contributed by atoms with Gasteiger partial charge in [0.2, 0.25) is 11.8 Å². The van der Waals surface area contributed by atoms with E-state index in [2.05, 4.69) is 36.9 Å².